The Morgan fingerprint density at radius 3 is 2.38 bits per heavy atom. The van der Waals surface area contributed by atoms with Crippen LogP contribution in [0.5, 0.6) is 0 Å². The van der Waals surface area contributed by atoms with Gasteiger partial charge in [-0.25, -0.2) is 4.79 Å². The molecule has 1 saturated carbocycles. The van der Waals surface area contributed by atoms with Crippen LogP contribution >= 0.6 is 11.8 Å². The second kappa shape index (κ2) is 10.9. The second-order valence-electron chi connectivity index (χ2n) is 8.61. The number of benzene rings is 2. The molecule has 4 rings (SSSR count). The summed E-state index contributed by atoms with van der Waals surface area (Å²) in [5.41, 5.74) is 9.22. The van der Waals surface area contributed by atoms with Crippen LogP contribution in [-0.2, 0) is 9.53 Å². The molecule has 0 spiro atoms. The Kier molecular flexibility index (Phi) is 7.71. The lowest BCUT2D eigenvalue weighted by atomic mass is 9.78. The maximum Gasteiger partial charge on any atom is 0.411 e. The lowest BCUT2D eigenvalue weighted by Crippen LogP contribution is -2.47. The monoisotopic (exact) mass is 453 g/mol. The van der Waals surface area contributed by atoms with E-state index in [4.69, 9.17) is 10.5 Å². The summed E-state index contributed by atoms with van der Waals surface area (Å²) in [4.78, 5) is 26.6. The number of hydrogen-bond donors (Lipinski definition) is 2. The lowest BCUT2D eigenvalue weighted by molar-refractivity contribution is -0.132. The van der Waals surface area contributed by atoms with Crippen molar-refractivity contribution in [1.82, 2.24) is 4.90 Å². The number of carbonyl (C=O) groups is 2. The minimum atomic E-state index is -0.432. The highest BCUT2D eigenvalue weighted by molar-refractivity contribution is 7.99. The van der Waals surface area contributed by atoms with Crippen molar-refractivity contribution in [3.8, 4) is 11.1 Å². The zero-order valence-corrected chi connectivity index (χ0v) is 19.1. The van der Waals surface area contributed by atoms with E-state index in [1.807, 2.05) is 47.4 Å². The highest BCUT2D eigenvalue weighted by atomic mass is 32.2. The van der Waals surface area contributed by atoms with E-state index in [0.717, 1.165) is 55.0 Å². The van der Waals surface area contributed by atoms with Crippen molar-refractivity contribution in [2.75, 3.05) is 30.1 Å². The topological polar surface area (TPSA) is 84.7 Å². The van der Waals surface area contributed by atoms with Gasteiger partial charge in [-0.3, -0.25) is 10.1 Å². The molecule has 1 atom stereocenters. The average Bonchev–Trinajstić information content (AvgIpc) is 3.38. The number of hydrogen-bond acceptors (Lipinski definition) is 5. The first kappa shape index (κ1) is 22.7. The van der Waals surface area contributed by atoms with Crippen LogP contribution in [0.2, 0.25) is 0 Å². The van der Waals surface area contributed by atoms with Crippen LogP contribution in [0, 0.1) is 11.8 Å². The molecule has 2 amide bonds. The number of ether oxygens (including phenoxy) is 1. The zero-order chi connectivity index (χ0) is 22.3. The van der Waals surface area contributed by atoms with Crippen LogP contribution in [0.1, 0.15) is 25.7 Å². The van der Waals surface area contributed by atoms with Gasteiger partial charge in [-0.05, 0) is 60.8 Å². The number of thioether (sulfide) groups is 1. The summed E-state index contributed by atoms with van der Waals surface area (Å²) >= 11 is 1.78. The average molecular weight is 454 g/mol. The predicted molar refractivity (Wildman–Crippen MR) is 129 cm³/mol. The molecule has 1 aliphatic carbocycles. The molecule has 1 saturated heterocycles. The van der Waals surface area contributed by atoms with Gasteiger partial charge in [-0.1, -0.05) is 42.5 Å². The number of amides is 2. The highest BCUT2D eigenvalue weighted by Gasteiger charge is 2.33. The van der Waals surface area contributed by atoms with Crippen LogP contribution in [-0.4, -0.2) is 47.7 Å². The Balaban J connectivity index is 1.18. The van der Waals surface area contributed by atoms with E-state index in [2.05, 4.69) is 17.4 Å². The molecule has 2 aromatic carbocycles. The molecule has 2 aliphatic rings. The molecular weight excluding hydrogens is 422 g/mol. The molecule has 1 aliphatic heterocycles. The molecule has 1 heterocycles. The molecule has 32 heavy (non-hydrogen) atoms. The van der Waals surface area contributed by atoms with E-state index in [0.29, 0.717) is 18.2 Å². The Bertz CT molecular complexity index is 892. The molecule has 2 aromatic rings. The normalized spacial score (nSPS) is 21.7. The second-order valence-corrected chi connectivity index (χ2v) is 9.69. The summed E-state index contributed by atoms with van der Waals surface area (Å²) in [6.07, 6.45) is 3.24. The molecule has 2 fully saturated rings. The minimum Gasteiger partial charge on any atom is -0.449 e. The van der Waals surface area contributed by atoms with Gasteiger partial charge in [0, 0.05) is 18.0 Å². The molecule has 6 nitrogen and oxygen atoms in total. The number of nitrogens with one attached hydrogen (secondary N) is 1. The quantitative estimate of drug-likeness (QED) is 0.669. The van der Waals surface area contributed by atoms with Crippen LogP contribution in [0.15, 0.2) is 54.6 Å². The van der Waals surface area contributed by atoms with E-state index in [1.54, 1.807) is 11.8 Å². The SMILES string of the molecule is N[C@H](C(=O)N1CCSC1)C1CCC(COC(=O)Nc2ccc(-c3ccccc3)cc2)CC1. The highest BCUT2D eigenvalue weighted by Crippen LogP contribution is 2.31. The number of nitrogens with zero attached hydrogens (tertiary/aromatic N) is 1. The molecule has 0 bridgehead atoms. The van der Waals surface area contributed by atoms with Gasteiger partial charge in [0.15, 0.2) is 0 Å². The van der Waals surface area contributed by atoms with Gasteiger partial charge >= 0.3 is 6.09 Å². The van der Waals surface area contributed by atoms with Crippen molar-refractivity contribution in [3.63, 3.8) is 0 Å². The molecule has 3 N–H and O–H groups in total. The predicted octanol–water partition coefficient (Wildman–Crippen LogP) is 4.57. The largest absolute Gasteiger partial charge is 0.449 e. The number of rotatable bonds is 6. The molecular formula is C25H31N3O3S. The molecule has 7 heteroatoms. The van der Waals surface area contributed by atoms with Gasteiger partial charge in [0.05, 0.1) is 18.5 Å². The number of nitrogens with two attached hydrogens (primary N) is 1. The van der Waals surface area contributed by atoms with E-state index in [-0.39, 0.29) is 11.8 Å². The molecule has 0 aromatic heterocycles. The summed E-state index contributed by atoms with van der Waals surface area (Å²) in [6.45, 7) is 1.21. The van der Waals surface area contributed by atoms with E-state index in [9.17, 15) is 9.59 Å². The Labute approximate surface area is 193 Å². The van der Waals surface area contributed by atoms with Crippen molar-refractivity contribution in [1.29, 1.82) is 0 Å². The minimum absolute atomic E-state index is 0.0901. The Hall–Kier alpha value is -2.51. The fourth-order valence-electron chi connectivity index (χ4n) is 4.44. The van der Waals surface area contributed by atoms with Gasteiger partial charge in [0.25, 0.3) is 0 Å². The Morgan fingerprint density at radius 1 is 1.03 bits per heavy atom. The molecule has 170 valence electrons. The van der Waals surface area contributed by atoms with E-state index >= 15 is 0 Å². The molecule has 0 unspecified atom stereocenters. The van der Waals surface area contributed by atoms with Crippen molar-refractivity contribution in [2.45, 2.75) is 31.7 Å². The summed E-state index contributed by atoms with van der Waals surface area (Å²) in [6, 6.07) is 17.4. The lowest BCUT2D eigenvalue weighted by Gasteiger charge is -2.32. The first-order valence-electron chi connectivity index (χ1n) is 11.3. The van der Waals surface area contributed by atoms with E-state index < -0.39 is 12.1 Å². The summed E-state index contributed by atoms with van der Waals surface area (Å²) < 4.78 is 5.47. The maximum absolute atomic E-state index is 12.5. The fourth-order valence-corrected chi connectivity index (χ4v) is 5.39. The first-order chi connectivity index (χ1) is 15.6. The number of carbonyl (C=O) groups excluding carboxylic acids is 2. The molecule has 0 radical (unpaired) electrons. The summed E-state index contributed by atoms with van der Waals surface area (Å²) in [5, 5.41) is 2.80. The van der Waals surface area contributed by atoms with Gasteiger partial charge in [-0.15, -0.1) is 11.8 Å². The van der Waals surface area contributed by atoms with Crippen molar-refractivity contribution in [3.05, 3.63) is 54.6 Å². The smallest absolute Gasteiger partial charge is 0.411 e. The Morgan fingerprint density at radius 2 is 1.72 bits per heavy atom. The van der Waals surface area contributed by atoms with Gasteiger partial charge in [-0.2, -0.15) is 0 Å². The van der Waals surface area contributed by atoms with Crippen molar-refractivity contribution < 1.29 is 14.3 Å². The number of anilines is 1. The van der Waals surface area contributed by atoms with Gasteiger partial charge < -0.3 is 15.4 Å². The fraction of sp³-hybridized carbons (Fsp3) is 0.440. The van der Waals surface area contributed by atoms with E-state index in [1.165, 1.54) is 0 Å². The first-order valence-corrected chi connectivity index (χ1v) is 12.5. The van der Waals surface area contributed by atoms with Crippen molar-refractivity contribution in [2.24, 2.45) is 17.6 Å². The van der Waals surface area contributed by atoms with Crippen LogP contribution < -0.4 is 11.1 Å². The summed E-state index contributed by atoms with van der Waals surface area (Å²) in [7, 11) is 0. The third-order valence-corrected chi connectivity index (χ3v) is 7.40. The summed E-state index contributed by atoms with van der Waals surface area (Å²) in [5.74, 6) is 2.40. The van der Waals surface area contributed by atoms with Gasteiger partial charge in [0.2, 0.25) is 5.91 Å². The zero-order valence-electron chi connectivity index (χ0n) is 18.2. The third kappa shape index (κ3) is 5.84. The van der Waals surface area contributed by atoms with Crippen LogP contribution in [0.4, 0.5) is 10.5 Å². The standard InChI is InChI=1S/C25H31N3O3S/c26-23(24(29)28-14-15-32-17-28)21-8-6-18(7-9-21)16-31-25(30)27-22-12-10-20(11-13-22)19-4-2-1-3-5-19/h1-5,10-13,18,21,23H,6-9,14-17,26H2,(H,27,30)/t18?,21?,23-/m0/s1. The third-order valence-electron chi connectivity index (χ3n) is 6.44. The van der Waals surface area contributed by atoms with Crippen LogP contribution in [0.25, 0.3) is 11.1 Å². The maximum atomic E-state index is 12.5. The van der Waals surface area contributed by atoms with Crippen molar-refractivity contribution >= 4 is 29.4 Å². The van der Waals surface area contributed by atoms with Gasteiger partial charge in [0.1, 0.15) is 0 Å². The van der Waals surface area contributed by atoms with Crippen LogP contribution in [0.3, 0.4) is 0 Å².